The van der Waals surface area contributed by atoms with Gasteiger partial charge in [0, 0.05) is 24.8 Å². The van der Waals surface area contributed by atoms with Crippen molar-refractivity contribution in [2.45, 2.75) is 31.7 Å². The van der Waals surface area contributed by atoms with Gasteiger partial charge in [0.1, 0.15) is 11.9 Å². The van der Waals surface area contributed by atoms with Gasteiger partial charge in [-0.15, -0.1) is 0 Å². The zero-order chi connectivity index (χ0) is 13.0. The van der Waals surface area contributed by atoms with Gasteiger partial charge in [-0.2, -0.15) is 5.26 Å². The maximum atomic E-state index is 9.35. The third-order valence-corrected chi connectivity index (χ3v) is 3.72. The monoisotopic (exact) mass is 265 g/mol. The molecule has 1 fully saturated rings. The molecule has 2 N–H and O–H groups in total. The summed E-state index contributed by atoms with van der Waals surface area (Å²) >= 11 is 6.08. The molecule has 1 heterocycles. The van der Waals surface area contributed by atoms with E-state index in [1.807, 2.05) is 6.07 Å². The average Bonchev–Trinajstić information content (AvgIpc) is 2.41. The van der Waals surface area contributed by atoms with Crippen LogP contribution < -0.4 is 5.32 Å². The highest BCUT2D eigenvalue weighted by Gasteiger charge is 2.25. The minimum absolute atomic E-state index is 0.186. The van der Waals surface area contributed by atoms with Gasteiger partial charge in [-0.3, -0.25) is 0 Å². The third-order valence-electron chi connectivity index (χ3n) is 3.44. The van der Waals surface area contributed by atoms with E-state index in [9.17, 15) is 5.11 Å². The summed E-state index contributed by atoms with van der Waals surface area (Å²) in [5, 5.41) is 21.9. The molecule has 0 amide bonds. The fourth-order valence-electron chi connectivity index (χ4n) is 2.40. The number of rotatable bonds is 3. The van der Waals surface area contributed by atoms with Crippen molar-refractivity contribution in [3.63, 3.8) is 0 Å². The van der Waals surface area contributed by atoms with Crippen LogP contribution in [0.3, 0.4) is 0 Å². The van der Waals surface area contributed by atoms with Crippen LogP contribution in [0, 0.1) is 17.2 Å². The van der Waals surface area contributed by atoms with Crippen LogP contribution in [-0.2, 0) is 0 Å². The van der Waals surface area contributed by atoms with Crippen molar-refractivity contribution in [1.29, 1.82) is 5.26 Å². The highest BCUT2D eigenvalue weighted by atomic mass is 35.5. The molecular formula is C13H16ClN3O. The van der Waals surface area contributed by atoms with E-state index in [1.54, 1.807) is 6.07 Å². The van der Waals surface area contributed by atoms with Gasteiger partial charge in [0.25, 0.3) is 0 Å². The van der Waals surface area contributed by atoms with Gasteiger partial charge in [-0.1, -0.05) is 24.4 Å². The molecule has 1 aliphatic carbocycles. The summed E-state index contributed by atoms with van der Waals surface area (Å²) in [6.45, 7) is 0.186. The molecule has 0 aromatic carbocycles. The molecule has 0 spiro atoms. The standard InChI is InChI=1S/C13H16ClN3O/c14-11-5-9(6-15)7-16-13(11)17-12-4-2-1-3-10(12)8-18/h5,7,10,12,18H,1-4,8H2,(H,16,17). The Balaban J connectivity index is 2.10. The number of nitrogens with one attached hydrogen (secondary N) is 1. The number of aromatic nitrogens is 1. The lowest BCUT2D eigenvalue weighted by atomic mass is 9.85. The van der Waals surface area contributed by atoms with Gasteiger partial charge < -0.3 is 10.4 Å². The van der Waals surface area contributed by atoms with E-state index in [2.05, 4.69) is 10.3 Å². The first-order valence-corrected chi connectivity index (χ1v) is 6.55. The van der Waals surface area contributed by atoms with Crippen LogP contribution >= 0.6 is 11.6 Å². The van der Waals surface area contributed by atoms with E-state index in [0.29, 0.717) is 16.4 Å². The van der Waals surface area contributed by atoms with Gasteiger partial charge in [-0.25, -0.2) is 4.98 Å². The molecule has 0 bridgehead atoms. The number of aliphatic hydroxyl groups is 1. The Hall–Kier alpha value is -1.31. The molecule has 0 aliphatic heterocycles. The number of hydrogen-bond donors (Lipinski definition) is 2. The second-order valence-corrected chi connectivity index (χ2v) is 5.05. The van der Waals surface area contributed by atoms with E-state index in [-0.39, 0.29) is 18.6 Å². The normalized spacial score (nSPS) is 23.4. The zero-order valence-corrected chi connectivity index (χ0v) is 10.8. The molecule has 0 saturated heterocycles. The van der Waals surface area contributed by atoms with Crippen molar-refractivity contribution >= 4 is 17.4 Å². The first-order valence-electron chi connectivity index (χ1n) is 6.17. The van der Waals surface area contributed by atoms with Crippen LogP contribution in [0.15, 0.2) is 12.3 Å². The summed E-state index contributed by atoms with van der Waals surface area (Å²) in [5.41, 5.74) is 0.452. The molecule has 2 rings (SSSR count). The number of nitriles is 1. The van der Waals surface area contributed by atoms with Gasteiger partial charge in [0.2, 0.25) is 0 Å². The van der Waals surface area contributed by atoms with Crippen molar-refractivity contribution in [2.24, 2.45) is 5.92 Å². The predicted molar refractivity (Wildman–Crippen MR) is 70.4 cm³/mol. The lowest BCUT2D eigenvalue weighted by molar-refractivity contribution is 0.178. The summed E-state index contributed by atoms with van der Waals surface area (Å²) < 4.78 is 0. The van der Waals surface area contributed by atoms with E-state index < -0.39 is 0 Å². The van der Waals surface area contributed by atoms with Crippen molar-refractivity contribution < 1.29 is 5.11 Å². The fraction of sp³-hybridized carbons (Fsp3) is 0.538. The van der Waals surface area contributed by atoms with Crippen molar-refractivity contribution in [1.82, 2.24) is 4.98 Å². The molecule has 5 heteroatoms. The van der Waals surface area contributed by atoms with Gasteiger partial charge >= 0.3 is 0 Å². The molecule has 1 aliphatic rings. The second-order valence-electron chi connectivity index (χ2n) is 4.64. The molecule has 2 unspecified atom stereocenters. The van der Waals surface area contributed by atoms with Crippen LogP contribution in [0.25, 0.3) is 0 Å². The minimum Gasteiger partial charge on any atom is -0.396 e. The summed E-state index contributed by atoms with van der Waals surface area (Å²) in [5.74, 6) is 0.855. The summed E-state index contributed by atoms with van der Waals surface area (Å²) in [7, 11) is 0. The highest BCUT2D eigenvalue weighted by molar-refractivity contribution is 6.33. The quantitative estimate of drug-likeness (QED) is 0.881. The number of anilines is 1. The highest BCUT2D eigenvalue weighted by Crippen LogP contribution is 2.29. The molecule has 1 aromatic rings. The van der Waals surface area contributed by atoms with Gasteiger partial charge in [0.15, 0.2) is 0 Å². The Kier molecular flexibility index (Phi) is 4.40. The lowest BCUT2D eigenvalue weighted by Gasteiger charge is -2.31. The Morgan fingerprint density at radius 1 is 1.50 bits per heavy atom. The van der Waals surface area contributed by atoms with Crippen molar-refractivity contribution in [3.05, 3.63) is 22.8 Å². The number of aliphatic hydroxyl groups excluding tert-OH is 1. The lowest BCUT2D eigenvalue weighted by Crippen LogP contribution is -2.34. The Morgan fingerprint density at radius 2 is 2.28 bits per heavy atom. The summed E-state index contributed by atoms with van der Waals surface area (Å²) in [6, 6.07) is 3.82. The van der Waals surface area contributed by atoms with Gasteiger partial charge in [0.05, 0.1) is 10.6 Å². The van der Waals surface area contributed by atoms with Gasteiger partial charge in [-0.05, 0) is 18.9 Å². The molecule has 4 nitrogen and oxygen atoms in total. The van der Waals surface area contributed by atoms with E-state index in [0.717, 1.165) is 25.7 Å². The molecule has 2 atom stereocenters. The number of hydrogen-bond acceptors (Lipinski definition) is 4. The Labute approximate surface area is 112 Å². The smallest absolute Gasteiger partial charge is 0.145 e. The molecule has 1 saturated carbocycles. The Bertz CT molecular complexity index is 458. The average molecular weight is 266 g/mol. The van der Waals surface area contributed by atoms with E-state index in [1.165, 1.54) is 6.20 Å². The number of halogens is 1. The maximum Gasteiger partial charge on any atom is 0.145 e. The van der Waals surface area contributed by atoms with E-state index >= 15 is 0 Å². The molecular weight excluding hydrogens is 250 g/mol. The second kappa shape index (κ2) is 6.03. The first kappa shape index (κ1) is 13.1. The first-order chi connectivity index (χ1) is 8.74. The maximum absolute atomic E-state index is 9.35. The summed E-state index contributed by atoms with van der Waals surface area (Å²) in [4.78, 5) is 4.16. The molecule has 0 radical (unpaired) electrons. The van der Waals surface area contributed by atoms with Crippen LogP contribution in [0.4, 0.5) is 5.82 Å². The van der Waals surface area contributed by atoms with Crippen LogP contribution in [-0.4, -0.2) is 22.7 Å². The largest absolute Gasteiger partial charge is 0.396 e. The number of nitrogens with zero attached hydrogens (tertiary/aromatic N) is 2. The Morgan fingerprint density at radius 3 is 2.94 bits per heavy atom. The van der Waals surface area contributed by atoms with Crippen LogP contribution in [0.2, 0.25) is 5.02 Å². The van der Waals surface area contributed by atoms with Crippen LogP contribution in [0.1, 0.15) is 31.2 Å². The summed E-state index contributed by atoms with van der Waals surface area (Å²) in [6.07, 6.45) is 5.87. The SMILES string of the molecule is N#Cc1cnc(NC2CCCCC2CO)c(Cl)c1. The third kappa shape index (κ3) is 2.92. The van der Waals surface area contributed by atoms with Crippen LogP contribution in [0.5, 0.6) is 0 Å². The molecule has 96 valence electrons. The minimum atomic E-state index is 0.186. The topological polar surface area (TPSA) is 68.9 Å². The zero-order valence-electron chi connectivity index (χ0n) is 10.1. The molecule has 1 aromatic heterocycles. The van der Waals surface area contributed by atoms with Crippen molar-refractivity contribution in [3.8, 4) is 6.07 Å². The van der Waals surface area contributed by atoms with Crippen molar-refractivity contribution in [2.75, 3.05) is 11.9 Å². The number of pyridine rings is 1. The van der Waals surface area contributed by atoms with E-state index in [4.69, 9.17) is 16.9 Å². The predicted octanol–water partition coefficient (Wildman–Crippen LogP) is 2.57. The molecule has 18 heavy (non-hydrogen) atoms. The fourth-order valence-corrected chi connectivity index (χ4v) is 2.62.